The van der Waals surface area contributed by atoms with Crippen LogP contribution in [0.25, 0.3) is 11.3 Å². The third-order valence-corrected chi connectivity index (χ3v) is 5.11. The van der Waals surface area contributed by atoms with Crippen LogP contribution in [0.3, 0.4) is 0 Å². The molecule has 3 N–H and O–H groups in total. The van der Waals surface area contributed by atoms with Gasteiger partial charge in [0.05, 0.1) is 16.2 Å². The summed E-state index contributed by atoms with van der Waals surface area (Å²) in [4.78, 5) is 17.0. The number of nitrogens with zero attached hydrogens (tertiary/aromatic N) is 1. The number of aryl methyl sites for hydroxylation is 1. The minimum atomic E-state index is -0.301. The maximum absolute atomic E-state index is 12.6. The molecule has 1 aromatic carbocycles. The molecule has 1 saturated carbocycles. The van der Waals surface area contributed by atoms with Crippen molar-refractivity contribution in [2.24, 2.45) is 11.7 Å². The van der Waals surface area contributed by atoms with Crippen LogP contribution >= 0.6 is 11.3 Å². The highest BCUT2D eigenvalue weighted by atomic mass is 32.1. The summed E-state index contributed by atoms with van der Waals surface area (Å²) in [7, 11) is 0. The monoisotopic (exact) mass is 315 g/mol. The minimum absolute atomic E-state index is 0.0614. The van der Waals surface area contributed by atoms with Gasteiger partial charge in [0.2, 0.25) is 0 Å². The zero-order valence-electron chi connectivity index (χ0n) is 12.9. The van der Waals surface area contributed by atoms with Gasteiger partial charge in [0, 0.05) is 23.1 Å². The van der Waals surface area contributed by atoms with Gasteiger partial charge in [0.15, 0.2) is 0 Å². The van der Waals surface area contributed by atoms with Crippen molar-refractivity contribution in [1.82, 2.24) is 10.3 Å². The predicted octanol–water partition coefficient (Wildman–Crippen LogP) is 2.98. The number of hydrogen-bond donors (Lipinski definition) is 2. The van der Waals surface area contributed by atoms with Crippen molar-refractivity contribution in [2.75, 3.05) is 6.54 Å². The zero-order chi connectivity index (χ0) is 15.7. The smallest absolute Gasteiger partial charge is 0.251 e. The van der Waals surface area contributed by atoms with Gasteiger partial charge < -0.3 is 11.1 Å². The van der Waals surface area contributed by atoms with Crippen LogP contribution in [0.5, 0.6) is 0 Å². The number of rotatable bonds is 5. The molecule has 116 valence electrons. The molecule has 1 fully saturated rings. The van der Waals surface area contributed by atoms with Crippen molar-refractivity contribution in [3.8, 4) is 11.3 Å². The van der Waals surface area contributed by atoms with Crippen LogP contribution in [0.4, 0.5) is 0 Å². The lowest BCUT2D eigenvalue weighted by Gasteiger charge is -2.29. The van der Waals surface area contributed by atoms with Gasteiger partial charge in [0.25, 0.3) is 5.91 Å². The standard InChI is InChI=1S/C17H21N3OS/c1-11-19-15(9-22-11)12-4-3-5-13(8-12)16(21)20-17(2,10-18)14-6-7-14/h3-5,8-9,14H,6-7,10,18H2,1-2H3,(H,20,21). The van der Waals surface area contributed by atoms with Crippen LogP contribution in [0.2, 0.25) is 0 Å². The molecule has 1 atom stereocenters. The van der Waals surface area contributed by atoms with Gasteiger partial charge in [-0.05, 0) is 44.7 Å². The van der Waals surface area contributed by atoms with Gasteiger partial charge >= 0.3 is 0 Å². The second-order valence-electron chi connectivity index (χ2n) is 6.18. The number of nitrogens with one attached hydrogen (secondary N) is 1. The highest BCUT2D eigenvalue weighted by Gasteiger charge is 2.41. The van der Waals surface area contributed by atoms with Crippen molar-refractivity contribution < 1.29 is 4.79 Å². The fourth-order valence-electron chi connectivity index (χ4n) is 2.69. The Balaban J connectivity index is 1.81. The van der Waals surface area contributed by atoms with E-state index < -0.39 is 0 Å². The quantitative estimate of drug-likeness (QED) is 0.891. The van der Waals surface area contributed by atoms with Gasteiger partial charge in [-0.1, -0.05) is 12.1 Å². The Morgan fingerprint density at radius 1 is 1.50 bits per heavy atom. The van der Waals surface area contributed by atoms with E-state index >= 15 is 0 Å². The Kier molecular flexibility index (Phi) is 4.02. The SMILES string of the molecule is Cc1nc(-c2cccc(C(=O)NC(C)(CN)C3CC3)c2)cs1. The van der Waals surface area contributed by atoms with Gasteiger partial charge in [0.1, 0.15) is 0 Å². The summed E-state index contributed by atoms with van der Waals surface area (Å²) in [6.07, 6.45) is 2.29. The molecule has 0 spiro atoms. The lowest BCUT2D eigenvalue weighted by molar-refractivity contribution is 0.0898. The predicted molar refractivity (Wildman–Crippen MR) is 89.9 cm³/mol. The second kappa shape index (κ2) is 5.82. The fourth-order valence-corrected chi connectivity index (χ4v) is 3.31. The van der Waals surface area contributed by atoms with E-state index in [1.807, 2.05) is 43.5 Å². The number of aromatic nitrogens is 1. The molecular formula is C17H21N3OS. The molecule has 1 aliphatic carbocycles. The first kappa shape index (κ1) is 15.2. The summed E-state index contributed by atoms with van der Waals surface area (Å²) in [6.45, 7) is 4.48. The molecule has 0 bridgehead atoms. The van der Waals surface area contributed by atoms with E-state index in [0.717, 1.165) is 29.1 Å². The van der Waals surface area contributed by atoms with Crippen molar-refractivity contribution in [3.05, 3.63) is 40.2 Å². The molecule has 1 aliphatic rings. The van der Waals surface area contributed by atoms with Crippen LogP contribution < -0.4 is 11.1 Å². The molecule has 2 aromatic rings. The second-order valence-corrected chi connectivity index (χ2v) is 7.24. The Labute approximate surface area is 134 Å². The van der Waals surface area contributed by atoms with E-state index in [9.17, 15) is 4.79 Å². The third kappa shape index (κ3) is 3.05. The van der Waals surface area contributed by atoms with Gasteiger partial charge in [-0.15, -0.1) is 11.3 Å². The number of nitrogens with two attached hydrogens (primary N) is 1. The maximum Gasteiger partial charge on any atom is 0.251 e. The topological polar surface area (TPSA) is 68.0 Å². The normalized spacial score (nSPS) is 17.0. The van der Waals surface area contributed by atoms with Gasteiger partial charge in [-0.25, -0.2) is 4.98 Å². The summed E-state index contributed by atoms with van der Waals surface area (Å²) in [5.74, 6) is 0.444. The highest BCUT2D eigenvalue weighted by molar-refractivity contribution is 7.09. The van der Waals surface area contributed by atoms with Crippen LogP contribution in [-0.4, -0.2) is 23.0 Å². The summed E-state index contributed by atoms with van der Waals surface area (Å²) in [5.41, 5.74) is 8.12. The number of hydrogen-bond acceptors (Lipinski definition) is 4. The van der Waals surface area contributed by atoms with E-state index in [2.05, 4.69) is 10.3 Å². The van der Waals surface area contributed by atoms with E-state index in [0.29, 0.717) is 18.0 Å². The number of benzene rings is 1. The van der Waals surface area contributed by atoms with Crippen LogP contribution in [0.15, 0.2) is 29.6 Å². The van der Waals surface area contributed by atoms with Crippen molar-refractivity contribution >= 4 is 17.2 Å². The van der Waals surface area contributed by atoms with Crippen molar-refractivity contribution in [3.63, 3.8) is 0 Å². The highest BCUT2D eigenvalue weighted by Crippen LogP contribution is 2.39. The number of carbonyl (C=O) groups is 1. The first-order valence-corrected chi connectivity index (χ1v) is 8.45. The van der Waals surface area contributed by atoms with Crippen LogP contribution in [-0.2, 0) is 0 Å². The summed E-state index contributed by atoms with van der Waals surface area (Å²) < 4.78 is 0. The molecule has 0 aliphatic heterocycles. The van der Waals surface area contributed by atoms with Crippen LogP contribution in [0.1, 0.15) is 35.1 Å². The van der Waals surface area contributed by atoms with Gasteiger partial charge in [-0.2, -0.15) is 0 Å². The first-order chi connectivity index (χ1) is 10.5. The molecule has 1 unspecified atom stereocenters. The summed E-state index contributed by atoms with van der Waals surface area (Å²) >= 11 is 1.61. The van der Waals surface area contributed by atoms with Gasteiger partial charge in [-0.3, -0.25) is 4.79 Å². The Bertz CT molecular complexity index is 693. The molecule has 1 aromatic heterocycles. The molecule has 0 radical (unpaired) electrons. The molecule has 5 heteroatoms. The van der Waals surface area contributed by atoms with E-state index in [1.54, 1.807) is 11.3 Å². The average molecular weight is 315 g/mol. The van der Waals surface area contributed by atoms with Crippen LogP contribution in [0, 0.1) is 12.8 Å². The maximum atomic E-state index is 12.6. The summed E-state index contributed by atoms with van der Waals surface area (Å²) in [5, 5.41) is 6.16. The molecule has 0 saturated heterocycles. The molecule has 1 heterocycles. The number of thiazole rings is 1. The molecule has 4 nitrogen and oxygen atoms in total. The average Bonchev–Trinajstić information content (AvgIpc) is 3.30. The van der Waals surface area contributed by atoms with E-state index in [1.165, 1.54) is 0 Å². The Hall–Kier alpha value is -1.72. The zero-order valence-corrected chi connectivity index (χ0v) is 13.7. The molecule has 1 amide bonds. The minimum Gasteiger partial charge on any atom is -0.345 e. The molecular weight excluding hydrogens is 294 g/mol. The fraction of sp³-hybridized carbons (Fsp3) is 0.412. The lowest BCUT2D eigenvalue weighted by atomic mass is 9.95. The number of amides is 1. The van der Waals surface area contributed by atoms with Crippen molar-refractivity contribution in [1.29, 1.82) is 0 Å². The molecule has 22 heavy (non-hydrogen) atoms. The first-order valence-electron chi connectivity index (χ1n) is 7.57. The third-order valence-electron chi connectivity index (χ3n) is 4.34. The summed E-state index contributed by atoms with van der Waals surface area (Å²) in [6, 6.07) is 7.61. The Morgan fingerprint density at radius 2 is 2.27 bits per heavy atom. The number of carbonyl (C=O) groups excluding carboxylic acids is 1. The van der Waals surface area contributed by atoms with E-state index in [4.69, 9.17) is 5.73 Å². The van der Waals surface area contributed by atoms with Crippen molar-refractivity contribution in [2.45, 2.75) is 32.2 Å². The lowest BCUT2D eigenvalue weighted by Crippen LogP contribution is -2.53. The Morgan fingerprint density at radius 3 is 2.86 bits per heavy atom. The largest absolute Gasteiger partial charge is 0.345 e. The molecule has 3 rings (SSSR count). The van der Waals surface area contributed by atoms with E-state index in [-0.39, 0.29) is 11.4 Å².